The maximum atomic E-state index is 12.2. The van der Waals surface area contributed by atoms with Crippen LogP contribution in [0.4, 0.5) is 5.82 Å². The molecule has 5 N–H and O–H groups in total. The fraction of sp³-hybridized carbons (Fsp3) is 0.476. The Balaban J connectivity index is 1.38. The van der Waals surface area contributed by atoms with Crippen molar-refractivity contribution in [2.45, 2.75) is 37.8 Å². The van der Waals surface area contributed by atoms with E-state index in [4.69, 9.17) is 25.9 Å². The predicted molar refractivity (Wildman–Crippen MR) is 116 cm³/mol. The van der Waals surface area contributed by atoms with Gasteiger partial charge in [-0.05, 0) is 44.0 Å². The molecule has 0 bridgehead atoms. The van der Waals surface area contributed by atoms with E-state index >= 15 is 0 Å². The van der Waals surface area contributed by atoms with Crippen LogP contribution in [0.3, 0.4) is 0 Å². The SMILES string of the molecule is N/C=C\C=C(/N)C(=O)NC1CCC(Oc2nc(N3CCOCC3)cc3nccn23)CC1. The number of carbonyl (C=O) groups is 1. The van der Waals surface area contributed by atoms with Crippen LogP contribution in [0, 0.1) is 0 Å². The number of nitrogens with two attached hydrogens (primary N) is 2. The van der Waals surface area contributed by atoms with Crippen molar-refractivity contribution >= 4 is 17.4 Å². The van der Waals surface area contributed by atoms with Gasteiger partial charge in [-0.2, -0.15) is 4.98 Å². The van der Waals surface area contributed by atoms with E-state index in [0.717, 1.165) is 50.2 Å². The van der Waals surface area contributed by atoms with E-state index in [9.17, 15) is 4.79 Å². The summed E-state index contributed by atoms with van der Waals surface area (Å²) in [7, 11) is 0. The Morgan fingerprint density at radius 2 is 2.03 bits per heavy atom. The van der Waals surface area contributed by atoms with Gasteiger partial charge in [-0.1, -0.05) is 0 Å². The number of nitrogens with zero attached hydrogens (tertiary/aromatic N) is 4. The van der Waals surface area contributed by atoms with Gasteiger partial charge in [0.1, 0.15) is 17.6 Å². The van der Waals surface area contributed by atoms with Gasteiger partial charge in [0.05, 0.1) is 18.9 Å². The first kappa shape index (κ1) is 21.0. The van der Waals surface area contributed by atoms with Gasteiger partial charge < -0.3 is 31.2 Å². The van der Waals surface area contributed by atoms with Crippen molar-refractivity contribution in [2.24, 2.45) is 11.5 Å². The zero-order valence-electron chi connectivity index (χ0n) is 17.4. The van der Waals surface area contributed by atoms with Crippen molar-refractivity contribution in [1.82, 2.24) is 19.7 Å². The summed E-state index contributed by atoms with van der Waals surface area (Å²) < 4.78 is 13.6. The standard InChI is InChI=1S/C21H29N7O3/c22-7-1-2-17(23)20(29)25-15-3-5-16(6-4-15)31-21-26-19(27-10-12-30-13-11-27)14-18-24-8-9-28(18)21/h1-2,7-9,14-16H,3-6,10-13,22-23H2,(H,25,29)/b7-1-,17-2-. The number of morpholine rings is 1. The van der Waals surface area contributed by atoms with Crippen LogP contribution in [0.2, 0.25) is 0 Å². The van der Waals surface area contributed by atoms with E-state index in [1.54, 1.807) is 6.20 Å². The van der Waals surface area contributed by atoms with Crippen LogP contribution in [-0.2, 0) is 9.53 Å². The molecule has 3 heterocycles. The van der Waals surface area contributed by atoms with Crippen molar-refractivity contribution < 1.29 is 14.3 Å². The van der Waals surface area contributed by atoms with Crippen LogP contribution in [-0.4, -0.2) is 58.7 Å². The molecule has 4 rings (SSSR count). The average Bonchev–Trinajstić information content (AvgIpc) is 3.28. The van der Waals surface area contributed by atoms with Gasteiger partial charge in [0.15, 0.2) is 0 Å². The van der Waals surface area contributed by atoms with E-state index in [0.29, 0.717) is 19.2 Å². The number of fused-ring (bicyclic) bond motifs is 1. The molecule has 31 heavy (non-hydrogen) atoms. The molecule has 0 spiro atoms. The number of hydrogen-bond donors (Lipinski definition) is 3. The number of amides is 1. The van der Waals surface area contributed by atoms with Gasteiger partial charge >= 0.3 is 6.01 Å². The normalized spacial score (nSPS) is 22.7. The molecule has 1 saturated carbocycles. The predicted octanol–water partition coefficient (Wildman–Crippen LogP) is 0.687. The second-order valence-electron chi connectivity index (χ2n) is 7.72. The van der Waals surface area contributed by atoms with Gasteiger partial charge in [0.2, 0.25) is 0 Å². The number of imidazole rings is 1. The van der Waals surface area contributed by atoms with Gasteiger partial charge in [-0.25, -0.2) is 4.98 Å². The number of rotatable bonds is 6. The zero-order valence-corrected chi connectivity index (χ0v) is 17.4. The van der Waals surface area contributed by atoms with Gasteiger partial charge in [0.25, 0.3) is 5.91 Å². The molecule has 10 nitrogen and oxygen atoms in total. The Labute approximate surface area is 180 Å². The van der Waals surface area contributed by atoms with Crippen LogP contribution in [0.1, 0.15) is 25.7 Å². The lowest BCUT2D eigenvalue weighted by Crippen LogP contribution is -2.41. The number of aromatic nitrogens is 3. The molecule has 166 valence electrons. The summed E-state index contributed by atoms with van der Waals surface area (Å²) in [6.07, 6.45) is 11.3. The highest BCUT2D eigenvalue weighted by atomic mass is 16.5. The Bertz CT molecular complexity index is 957. The third-order valence-electron chi connectivity index (χ3n) is 5.61. The van der Waals surface area contributed by atoms with Gasteiger partial charge in [0, 0.05) is 37.6 Å². The largest absolute Gasteiger partial charge is 0.461 e. The molecule has 0 unspecified atom stereocenters. The molecule has 0 aromatic carbocycles. The quantitative estimate of drug-likeness (QED) is 0.453. The molecule has 1 amide bonds. The second kappa shape index (κ2) is 9.69. The number of allylic oxidation sites excluding steroid dienone is 2. The molecule has 0 atom stereocenters. The summed E-state index contributed by atoms with van der Waals surface area (Å²) in [6, 6.07) is 2.59. The van der Waals surface area contributed by atoms with Crippen LogP contribution in [0.15, 0.2) is 42.5 Å². The number of nitrogens with one attached hydrogen (secondary N) is 1. The highest BCUT2D eigenvalue weighted by molar-refractivity contribution is 5.92. The summed E-state index contributed by atoms with van der Waals surface area (Å²) >= 11 is 0. The maximum Gasteiger partial charge on any atom is 0.304 e. The van der Waals surface area contributed by atoms with Crippen LogP contribution >= 0.6 is 0 Å². The maximum absolute atomic E-state index is 12.2. The van der Waals surface area contributed by atoms with E-state index in [2.05, 4.69) is 15.2 Å². The Morgan fingerprint density at radius 3 is 2.77 bits per heavy atom. The van der Waals surface area contributed by atoms with E-state index in [1.165, 1.54) is 18.4 Å². The fourth-order valence-corrected chi connectivity index (χ4v) is 3.90. The topological polar surface area (TPSA) is 133 Å². The highest BCUT2D eigenvalue weighted by Crippen LogP contribution is 2.26. The monoisotopic (exact) mass is 427 g/mol. The second-order valence-corrected chi connectivity index (χ2v) is 7.72. The van der Waals surface area contributed by atoms with Gasteiger partial charge in [-0.3, -0.25) is 9.20 Å². The molecular weight excluding hydrogens is 398 g/mol. The van der Waals surface area contributed by atoms with Crippen LogP contribution < -0.4 is 26.4 Å². The fourth-order valence-electron chi connectivity index (χ4n) is 3.90. The first-order chi connectivity index (χ1) is 15.1. The summed E-state index contributed by atoms with van der Waals surface area (Å²) in [5.74, 6) is 0.578. The van der Waals surface area contributed by atoms with Crippen LogP contribution in [0.25, 0.3) is 5.65 Å². The smallest absolute Gasteiger partial charge is 0.304 e. The van der Waals surface area contributed by atoms with E-state index < -0.39 is 0 Å². The lowest BCUT2D eigenvalue weighted by molar-refractivity contribution is -0.118. The average molecular weight is 428 g/mol. The molecule has 2 aromatic heterocycles. The summed E-state index contributed by atoms with van der Waals surface area (Å²) in [5, 5.41) is 2.98. The summed E-state index contributed by atoms with van der Waals surface area (Å²) in [5.41, 5.74) is 12.0. The number of hydrogen-bond acceptors (Lipinski definition) is 8. The van der Waals surface area contributed by atoms with Crippen molar-refractivity contribution in [1.29, 1.82) is 0 Å². The summed E-state index contributed by atoms with van der Waals surface area (Å²) in [6.45, 7) is 2.98. The number of anilines is 1. The lowest BCUT2D eigenvalue weighted by Gasteiger charge is -2.30. The summed E-state index contributed by atoms with van der Waals surface area (Å²) in [4.78, 5) is 23.5. The van der Waals surface area contributed by atoms with Crippen molar-refractivity contribution in [3.8, 4) is 6.01 Å². The lowest BCUT2D eigenvalue weighted by atomic mass is 9.93. The van der Waals surface area contributed by atoms with Gasteiger partial charge in [-0.15, -0.1) is 0 Å². The molecule has 1 aliphatic carbocycles. The molecule has 0 radical (unpaired) electrons. The molecule has 2 aromatic rings. The van der Waals surface area contributed by atoms with Crippen molar-refractivity contribution in [3.63, 3.8) is 0 Å². The van der Waals surface area contributed by atoms with Crippen LogP contribution in [0.5, 0.6) is 6.01 Å². The first-order valence-electron chi connectivity index (χ1n) is 10.6. The molecule has 1 saturated heterocycles. The molecule has 10 heteroatoms. The first-order valence-corrected chi connectivity index (χ1v) is 10.6. The Morgan fingerprint density at radius 1 is 1.26 bits per heavy atom. The Kier molecular flexibility index (Phi) is 6.56. The highest BCUT2D eigenvalue weighted by Gasteiger charge is 2.26. The minimum atomic E-state index is -0.275. The minimum Gasteiger partial charge on any atom is -0.461 e. The molecule has 1 aliphatic heterocycles. The van der Waals surface area contributed by atoms with Crippen molar-refractivity contribution in [3.05, 3.63) is 42.5 Å². The van der Waals surface area contributed by atoms with E-state index in [1.807, 2.05) is 16.7 Å². The third-order valence-corrected chi connectivity index (χ3v) is 5.61. The zero-order chi connectivity index (χ0) is 21.6. The Hall–Kier alpha value is -3.27. The van der Waals surface area contributed by atoms with Crippen molar-refractivity contribution in [2.75, 3.05) is 31.2 Å². The third kappa shape index (κ3) is 5.08. The molecule has 2 aliphatic rings. The van der Waals surface area contributed by atoms with E-state index in [-0.39, 0.29) is 23.8 Å². The number of carbonyl (C=O) groups excluding carboxylic acids is 1. The number of ether oxygens (including phenoxy) is 2. The minimum absolute atomic E-state index is 0.0271. The molecule has 2 fully saturated rings. The molecular formula is C21H29N7O3.